The zero-order valence-electron chi connectivity index (χ0n) is 30.6. The molecule has 4 aliphatic heterocycles. The van der Waals surface area contributed by atoms with Crippen molar-refractivity contribution in [3.8, 4) is 11.5 Å². The summed E-state index contributed by atoms with van der Waals surface area (Å²) in [6.07, 6.45) is 4.16. The van der Waals surface area contributed by atoms with Crippen molar-refractivity contribution in [3.05, 3.63) is 17.0 Å². The molecule has 242 valence electrons. The maximum atomic E-state index is 11.3. The van der Waals surface area contributed by atoms with Crippen LogP contribution < -0.4 is 4.90 Å². The van der Waals surface area contributed by atoms with Gasteiger partial charge < -0.3 is 28.9 Å². The first-order valence-corrected chi connectivity index (χ1v) is 17.1. The van der Waals surface area contributed by atoms with E-state index in [1.54, 1.807) is 16.5 Å². The molecule has 6 aliphatic rings. The highest BCUT2D eigenvalue weighted by Crippen LogP contribution is 2.57. The molecule has 3 aromatic rings. The van der Waals surface area contributed by atoms with Crippen LogP contribution in [0, 0.1) is 0 Å². The van der Waals surface area contributed by atoms with Crippen LogP contribution in [0.5, 0.6) is 0 Å². The molecule has 11 heteroatoms. The lowest BCUT2D eigenvalue weighted by Gasteiger charge is -2.50. The second-order valence-corrected chi connectivity index (χ2v) is 14.7. The fourth-order valence-electron chi connectivity index (χ4n) is 9.56. The number of piperidine rings is 1. The predicted octanol–water partition coefficient (Wildman–Crippen LogP) is 4.69. The summed E-state index contributed by atoms with van der Waals surface area (Å²) in [5.74, 6) is 0.801. The highest BCUT2D eigenvalue weighted by molar-refractivity contribution is 5.92. The molecule has 11 nitrogen and oxygen atoms in total. The number of likely N-dealkylation sites (tertiary alicyclic amines) is 1. The number of rotatable bonds is 3. The smallest absolute Gasteiger partial charge is 0.186 e. The van der Waals surface area contributed by atoms with Gasteiger partial charge in [0.25, 0.3) is 0 Å². The van der Waals surface area contributed by atoms with Crippen molar-refractivity contribution in [2.45, 2.75) is 132 Å². The molecule has 0 aromatic carbocycles. The minimum absolute atomic E-state index is 0.0106. The average Bonchev–Trinajstić information content (AvgIpc) is 3.87. The van der Waals surface area contributed by atoms with E-state index in [9.17, 15) is 10.6 Å². The molecule has 3 aromatic heterocycles. The summed E-state index contributed by atoms with van der Waals surface area (Å²) in [6, 6.07) is -0.891. The van der Waals surface area contributed by atoms with E-state index in [4.69, 9.17) is 34.2 Å². The van der Waals surface area contributed by atoms with Crippen LogP contribution in [0.3, 0.4) is 0 Å². The van der Waals surface area contributed by atoms with E-state index in [1.165, 1.54) is 0 Å². The molecular formula is C34H47N7O4. The SMILES string of the molecule is [2H]C1([2H])c2nn([C@@H](C)[C@@H]3CCCN3C)c3nc(-c4noc5c4CCC[C@@]54CCCCC45OCCO5)nc(c23)N2C[C@](C)(O)CC[C@@H]2C1([2H])[2H]. The normalized spacial score (nSPS) is 37.1. The fourth-order valence-corrected chi connectivity index (χ4v) is 9.56. The van der Waals surface area contributed by atoms with Crippen molar-refractivity contribution in [2.75, 3.05) is 38.3 Å². The van der Waals surface area contributed by atoms with Crippen molar-refractivity contribution in [3.63, 3.8) is 0 Å². The summed E-state index contributed by atoms with van der Waals surface area (Å²) in [5.41, 5.74) is 0.391. The van der Waals surface area contributed by atoms with Gasteiger partial charge in [-0.2, -0.15) is 5.10 Å². The number of fused-ring (bicyclic) bond motifs is 5. The Morgan fingerprint density at radius 1 is 1.04 bits per heavy atom. The Balaban J connectivity index is 1.28. The third-order valence-electron chi connectivity index (χ3n) is 11.8. The van der Waals surface area contributed by atoms with Crippen LogP contribution in [-0.4, -0.2) is 91.7 Å². The zero-order valence-corrected chi connectivity index (χ0v) is 26.6. The Kier molecular flexibility index (Phi) is 5.57. The van der Waals surface area contributed by atoms with Crippen LogP contribution in [0.15, 0.2) is 4.52 Å². The maximum absolute atomic E-state index is 11.3. The number of ether oxygens (including phenoxy) is 2. The summed E-state index contributed by atoms with van der Waals surface area (Å²) in [6.45, 7) is 6.01. The van der Waals surface area contributed by atoms with Crippen molar-refractivity contribution < 1.29 is 24.6 Å². The molecule has 0 unspecified atom stereocenters. The third-order valence-corrected chi connectivity index (χ3v) is 11.8. The summed E-state index contributed by atoms with van der Waals surface area (Å²) in [7, 11) is 2.10. The van der Waals surface area contributed by atoms with E-state index >= 15 is 0 Å². The van der Waals surface area contributed by atoms with Gasteiger partial charge >= 0.3 is 0 Å². The largest absolute Gasteiger partial charge is 0.388 e. The molecular weight excluding hydrogens is 570 g/mol. The van der Waals surface area contributed by atoms with E-state index < -0.39 is 35.6 Å². The Labute approximate surface area is 270 Å². The molecule has 0 bridgehead atoms. The first kappa shape index (κ1) is 24.6. The van der Waals surface area contributed by atoms with Crippen LogP contribution >= 0.6 is 0 Å². The van der Waals surface area contributed by atoms with Crippen LogP contribution in [0.1, 0.15) is 113 Å². The monoisotopic (exact) mass is 621 g/mol. The summed E-state index contributed by atoms with van der Waals surface area (Å²) < 4.78 is 58.2. The first-order chi connectivity index (χ1) is 23.3. The van der Waals surface area contributed by atoms with E-state index in [-0.39, 0.29) is 30.7 Å². The number of hydrogen-bond donors (Lipinski definition) is 1. The van der Waals surface area contributed by atoms with Gasteiger partial charge in [0.2, 0.25) is 0 Å². The van der Waals surface area contributed by atoms with E-state index in [1.807, 2.05) is 0 Å². The van der Waals surface area contributed by atoms with E-state index in [0.29, 0.717) is 48.0 Å². The highest BCUT2D eigenvalue weighted by Gasteiger charge is 2.61. The van der Waals surface area contributed by atoms with Gasteiger partial charge in [-0.05, 0) is 98.0 Å². The minimum Gasteiger partial charge on any atom is -0.388 e. The van der Waals surface area contributed by atoms with Gasteiger partial charge in [-0.25, -0.2) is 14.6 Å². The summed E-state index contributed by atoms with van der Waals surface area (Å²) in [5, 5.41) is 21.4. The lowest BCUT2D eigenvalue weighted by Crippen LogP contribution is -2.56. The molecule has 5 atom stereocenters. The van der Waals surface area contributed by atoms with Gasteiger partial charge in [0.1, 0.15) is 5.82 Å². The summed E-state index contributed by atoms with van der Waals surface area (Å²) in [4.78, 5) is 14.4. The van der Waals surface area contributed by atoms with Crippen LogP contribution in [0.4, 0.5) is 5.82 Å². The van der Waals surface area contributed by atoms with Gasteiger partial charge in [-0.3, -0.25) is 0 Å². The first-order valence-electron chi connectivity index (χ1n) is 19.1. The number of aryl methyl sites for hydroxylation is 1. The third kappa shape index (κ3) is 4.15. The molecule has 1 saturated carbocycles. The molecule has 4 fully saturated rings. The second-order valence-electron chi connectivity index (χ2n) is 14.7. The quantitative estimate of drug-likeness (QED) is 0.442. The lowest BCUT2D eigenvalue weighted by molar-refractivity contribution is -0.235. The molecule has 0 radical (unpaired) electrons. The standard InChI is InChI=1S/C34H47N7O4/c1-21(25-9-7-17-39(25)3)41-31-26-24(37-41)11-10-22-12-16-32(2,42)20-40(22)30(26)35-29(36-31)27-23-8-6-14-33(28(23)45-38-27)13-4-5-15-34(33)43-18-19-44-34/h21-22,25,42H,4-20H2,1-3H3/t21-,22-,25-,32+,33-/m0/s1/i10D2,11D2. The Morgan fingerprint density at radius 2 is 1.87 bits per heavy atom. The maximum Gasteiger partial charge on any atom is 0.186 e. The van der Waals surface area contributed by atoms with Gasteiger partial charge in [-0.15, -0.1) is 0 Å². The summed E-state index contributed by atoms with van der Waals surface area (Å²) >= 11 is 0. The predicted molar refractivity (Wildman–Crippen MR) is 168 cm³/mol. The molecule has 1 N–H and O–H groups in total. The van der Waals surface area contributed by atoms with Gasteiger partial charge in [-0.1, -0.05) is 11.6 Å². The minimum atomic E-state index is -2.45. The number of aliphatic hydroxyl groups is 1. The van der Waals surface area contributed by atoms with E-state index in [2.05, 4.69) is 18.9 Å². The Hall–Kier alpha value is -2.60. The number of hydrogen-bond acceptors (Lipinski definition) is 10. The molecule has 9 rings (SSSR count). The molecule has 2 aliphatic carbocycles. The highest BCUT2D eigenvalue weighted by atomic mass is 16.7. The topological polar surface area (TPSA) is 115 Å². The molecule has 0 amide bonds. The average molecular weight is 622 g/mol. The Bertz CT molecular complexity index is 1810. The molecule has 3 saturated heterocycles. The molecule has 2 spiro atoms. The zero-order chi connectivity index (χ0) is 34.1. The van der Waals surface area contributed by atoms with Gasteiger partial charge in [0, 0.05) is 36.1 Å². The fraction of sp³-hybridized carbons (Fsp3) is 0.765. The number of nitrogens with zero attached hydrogens (tertiary/aromatic N) is 7. The van der Waals surface area contributed by atoms with Crippen molar-refractivity contribution in [1.82, 2.24) is 29.8 Å². The van der Waals surface area contributed by atoms with Gasteiger partial charge in [0.05, 0.1) is 41.4 Å². The molecule has 45 heavy (non-hydrogen) atoms. The van der Waals surface area contributed by atoms with E-state index in [0.717, 1.165) is 75.7 Å². The van der Waals surface area contributed by atoms with Crippen LogP contribution in [0.2, 0.25) is 0 Å². The lowest BCUT2D eigenvalue weighted by atomic mass is 9.61. The van der Waals surface area contributed by atoms with Crippen LogP contribution in [-0.2, 0) is 27.7 Å². The van der Waals surface area contributed by atoms with Gasteiger partial charge in [0.15, 0.2) is 28.7 Å². The Morgan fingerprint density at radius 3 is 2.69 bits per heavy atom. The molecule has 7 heterocycles. The second kappa shape index (κ2) is 10.2. The number of aromatic nitrogens is 5. The van der Waals surface area contributed by atoms with Crippen LogP contribution in [0.25, 0.3) is 22.6 Å². The number of anilines is 1. The van der Waals surface area contributed by atoms with Crippen molar-refractivity contribution in [1.29, 1.82) is 0 Å². The van der Waals surface area contributed by atoms with Crippen molar-refractivity contribution in [2.24, 2.45) is 0 Å². The van der Waals surface area contributed by atoms with Crippen molar-refractivity contribution >= 4 is 16.9 Å². The number of likely N-dealkylation sites (N-methyl/N-ethyl adjacent to an activating group) is 1.